The van der Waals surface area contributed by atoms with E-state index in [9.17, 15) is 24.8 Å². The van der Waals surface area contributed by atoms with Gasteiger partial charge in [-0.1, -0.05) is 18.2 Å². The van der Waals surface area contributed by atoms with E-state index < -0.39 is 28.6 Å². The Labute approximate surface area is 126 Å². The molecule has 0 bridgehead atoms. The van der Waals surface area contributed by atoms with Crippen molar-refractivity contribution in [3.05, 3.63) is 46.0 Å². The lowest BCUT2D eigenvalue weighted by molar-refractivity contribution is -0.385. The predicted octanol–water partition coefficient (Wildman–Crippen LogP) is 1.17. The number of hydrogen-bond donors (Lipinski definition) is 1. The van der Waals surface area contributed by atoms with Crippen molar-refractivity contribution in [2.24, 2.45) is 11.8 Å². The Bertz CT molecular complexity index is 653. The fourth-order valence-electron chi connectivity index (χ4n) is 2.48. The van der Waals surface area contributed by atoms with Gasteiger partial charge < -0.3 is 15.2 Å². The van der Waals surface area contributed by atoms with Crippen LogP contribution in [0.4, 0.5) is 11.4 Å². The number of benzene rings is 1. The van der Waals surface area contributed by atoms with Crippen LogP contribution >= 0.6 is 0 Å². The van der Waals surface area contributed by atoms with Crippen LogP contribution in [0.3, 0.4) is 0 Å². The highest BCUT2D eigenvalue weighted by Gasteiger charge is 2.30. The van der Waals surface area contributed by atoms with E-state index in [0.29, 0.717) is 12.0 Å². The van der Waals surface area contributed by atoms with E-state index in [1.165, 1.54) is 12.1 Å². The van der Waals surface area contributed by atoms with Gasteiger partial charge in [0, 0.05) is 29.2 Å². The zero-order chi connectivity index (χ0) is 16.3. The van der Waals surface area contributed by atoms with E-state index >= 15 is 0 Å². The summed E-state index contributed by atoms with van der Waals surface area (Å²) in [5.41, 5.74) is 0.656. The zero-order valence-corrected chi connectivity index (χ0v) is 11.9. The van der Waals surface area contributed by atoms with Crippen LogP contribution in [0.2, 0.25) is 0 Å². The van der Waals surface area contributed by atoms with Crippen molar-refractivity contribution in [1.82, 2.24) is 0 Å². The number of hydrogen-bond acceptors (Lipinski definition) is 5. The van der Waals surface area contributed by atoms with Gasteiger partial charge in [0.1, 0.15) is 0 Å². The van der Waals surface area contributed by atoms with Gasteiger partial charge in [-0.15, -0.1) is 0 Å². The molecule has 1 N–H and O–H groups in total. The Hall–Kier alpha value is -2.70. The number of allylic oxidation sites excluding steroid dienone is 2. The fourth-order valence-corrected chi connectivity index (χ4v) is 2.48. The number of aryl methyl sites for hydroxylation is 1. The molecule has 0 saturated heterocycles. The smallest absolute Gasteiger partial charge is 0.274 e. The summed E-state index contributed by atoms with van der Waals surface area (Å²) in [7, 11) is 0. The molecule has 2 atom stereocenters. The van der Waals surface area contributed by atoms with Crippen LogP contribution in [0.15, 0.2) is 30.4 Å². The average molecular weight is 303 g/mol. The molecule has 1 aromatic rings. The van der Waals surface area contributed by atoms with Crippen LogP contribution < -0.4 is 10.4 Å². The molecule has 7 heteroatoms. The molecule has 0 spiro atoms. The van der Waals surface area contributed by atoms with E-state index in [0.717, 1.165) is 0 Å². The van der Waals surface area contributed by atoms with Crippen molar-refractivity contribution in [2.45, 2.75) is 19.8 Å². The SMILES string of the molecule is Cc1ccc(NC(=O)C2CC=CCC2C(=O)[O-])cc1[N+](=O)[O-]. The fraction of sp³-hybridized carbons (Fsp3) is 0.333. The van der Waals surface area contributed by atoms with Crippen LogP contribution in [0.25, 0.3) is 0 Å². The van der Waals surface area contributed by atoms with Crippen molar-refractivity contribution < 1.29 is 19.6 Å². The van der Waals surface area contributed by atoms with Crippen molar-refractivity contribution >= 4 is 23.3 Å². The van der Waals surface area contributed by atoms with Crippen molar-refractivity contribution in [2.75, 3.05) is 5.32 Å². The van der Waals surface area contributed by atoms with Gasteiger partial charge in [0.25, 0.3) is 5.69 Å². The van der Waals surface area contributed by atoms with Crippen LogP contribution in [-0.2, 0) is 9.59 Å². The normalized spacial score (nSPS) is 20.4. The monoisotopic (exact) mass is 303 g/mol. The average Bonchev–Trinajstić information content (AvgIpc) is 2.48. The lowest BCUT2D eigenvalue weighted by Gasteiger charge is -2.28. The van der Waals surface area contributed by atoms with Gasteiger partial charge in [-0.3, -0.25) is 14.9 Å². The molecule has 2 unspecified atom stereocenters. The largest absolute Gasteiger partial charge is 0.550 e. The number of nitrogens with zero attached hydrogens (tertiary/aromatic N) is 1. The molecule has 0 radical (unpaired) electrons. The first-order chi connectivity index (χ1) is 10.4. The van der Waals surface area contributed by atoms with Gasteiger partial charge in [0.15, 0.2) is 0 Å². The third-order valence-electron chi connectivity index (χ3n) is 3.75. The number of nitro benzene ring substituents is 1. The summed E-state index contributed by atoms with van der Waals surface area (Å²) in [6.07, 6.45) is 4.01. The summed E-state index contributed by atoms with van der Waals surface area (Å²) in [6.45, 7) is 1.60. The summed E-state index contributed by atoms with van der Waals surface area (Å²) in [5, 5.41) is 24.5. The van der Waals surface area contributed by atoms with Crippen molar-refractivity contribution in [3.8, 4) is 0 Å². The molecule has 0 fully saturated rings. The second kappa shape index (κ2) is 6.38. The molecule has 22 heavy (non-hydrogen) atoms. The number of nitrogens with one attached hydrogen (secondary N) is 1. The second-order valence-electron chi connectivity index (χ2n) is 5.22. The number of carboxylic acids is 1. The molecule has 0 saturated carbocycles. The predicted molar refractivity (Wildman–Crippen MR) is 76.8 cm³/mol. The molecule has 1 amide bonds. The number of carboxylic acid groups (broad SMARTS) is 1. The van der Waals surface area contributed by atoms with Crippen molar-refractivity contribution in [3.63, 3.8) is 0 Å². The Balaban J connectivity index is 2.18. The molecule has 116 valence electrons. The quantitative estimate of drug-likeness (QED) is 0.509. The number of rotatable bonds is 4. The number of aliphatic carboxylic acids is 1. The number of nitro groups is 1. The highest BCUT2D eigenvalue weighted by atomic mass is 16.6. The minimum atomic E-state index is -1.26. The summed E-state index contributed by atoms with van der Waals surface area (Å²) in [5.74, 6) is -3.36. The second-order valence-corrected chi connectivity index (χ2v) is 5.22. The number of carbonyl (C=O) groups excluding carboxylic acids is 2. The molecule has 0 aromatic heterocycles. The lowest BCUT2D eigenvalue weighted by Crippen LogP contribution is -2.41. The van der Waals surface area contributed by atoms with Crippen molar-refractivity contribution in [1.29, 1.82) is 0 Å². The maximum absolute atomic E-state index is 12.2. The third kappa shape index (κ3) is 3.30. The van der Waals surface area contributed by atoms with E-state index in [1.807, 2.05) is 0 Å². The minimum Gasteiger partial charge on any atom is -0.550 e. The summed E-state index contributed by atoms with van der Waals surface area (Å²) >= 11 is 0. The van der Waals surface area contributed by atoms with Gasteiger partial charge >= 0.3 is 0 Å². The van der Waals surface area contributed by atoms with Crippen LogP contribution in [0.5, 0.6) is 0 Å². The van der Waals surface area contributed by atoms with Crippen LogP contribution in [0.1, 0.15) is 18.4 Å². The molecule has 1 aliphatic carbocycles. The standard InChI is InChI=1S/C15H16N2O5/c1-9-6-7-10(8-13(9)17(21)22)16-14(18)11-4-2-3-5-12(11)15(19)20/h2-3,6-8,11-12H,4-5H2,1H3,(H,16,18)(H,19,20)/p-1. The summed E-state index contributed by atoms with van der Waals surface area (Å²) in [6, 6.07) is 4.34. The van der Waals surface area contributed by atoms with E-state index in [1.54, 1.807) is 25.1 Å². The highest BCUT2D eigenvalue weighted by molar-refractivity contribution is 5.95. The molecule has 0 aliphatic heterocycles. The molecular weight excluding hydrogens is 288 g/mol. The Kier molecular flexibility index (Phi) is 4.55. The number of anilines is 1. The maximum atomic E-state index is 12.2. The minimum absolute atomic E-state index is 0.0993. The molecular formula is C15H15N2O5-. The zero-order valence-electron chi connectivity index (χ0n) is 11.9. The topological polar surface area (TPSA) is 112 Å². The van der Waals surface area contributed by atoms with Gasteiger partial charge in [0.05, 0.1) is 10.8 Å². The summed E-state index contributed by atoms with van der Waals surface area (Å²) in [4.78, 5) is 33.7. The number of carbonyl (C=O) groups is 2. The first-order valence-corrected chi connectivity index (χ1v) is 6.82. The highest BCUT2D eigenvalue weighted by Crippen LogP contribution is 2.28. The Morgan fingerprint density at radius 3 is 2.45 bits per heavy atom. The molecule has 2 rings (SSSR count). The first kappa shape index (κ1) is 15.7. The van der Waals surface area contributed by atoms with Crippen LogP contribution in [0, 0.1) is 28.9 Å². The first-order valence-electron chi connectivity index (χ1n) is 6.82. The van der Waals surface area contributed by atoms with Gasteiger partial charge in [-0.05, 0) is 25.8 Å². The van der Waals surface area contributed by atoms with E-state index in [4.69, 9.17) is 0 Å². The summed E-state index contributed by atoms with van der Waals surface area (Å²) < 4.78 is 0. The molecule has 7 nitrogen and oxygen atoms in total. The van der Waals surface area contributed by atoms with E-state index in [2.05, 4.69) is 5.32 Å². The third-order valence-corrected chi connectivity index (χ3v) is 3.75. The Morgan fingerprint density at radius 2 is 1.86 bits per heavy atom. The van der Waals surface area contributed by atoms with Crippen LogP contribution in [-0.4, -0.2) is 16.8 Å². The molecule has 0 heterocycles. The molecule has 1 aliphatic rings. The van der Waals surface area contributed by atoms with E-state index in [-0.39, 0.29) is 17.8 Å². The van der Waals surface area contributed by atoms with Gasteiger partial charge in [-0.25, -0.2) is 0 Å². The molecule has 1 aromatic carbocycles. The maximum Gasteiger partial charge on any atom is 0.274 e. The van der Waals surface area contributed by atoms with Gasteiger partial charge in [-0.2, -0.15) is 0 Å². The number of amides is 1. The van der Waals surface area contributed by atoms with Gasteiger partial charge in [0.2, 0.25) is 5.91 Å². The lowest BCUT2D eigenvalue weighted by atomic mass is 9.82. The Morgan fingerprint density at radius 1 is 1.23 bits per heavy atom.